The number of nitrogens with zero attached hydrogens (tertiary/aromatic N) is 1. The average molecular weight is 263 g/mol. The molecule has 1 N–H and O–H groups in total. The van der Waals surface area contributed by atoms with Gasteiger partial charge in [-0.25, -0.2) is 4.79 Å². The Morgan fingerprint density at radius 3 is 2.89 bits per heavy atom. The molecular weight excluding hydrogens is 246 g/mol. The maximum absolute atomic E-state index is 11.7. The van der Waals surface area contributed by atoms with E-state index in [-0.39, 0.29) is 18.6 Å². The summed E-state index contributed by atoms with van der Waals surface area (Å²) in [5.74, 6) is -0.867. The molecule has 1 aliphatic heterocycles. The van der Waals surface area contributed by atoms with Gasteiger partial charge in [0.25, 0.3) is 0 Å². The van der Waals surface area contributed by atoms with Gasteiger partial charge in [-0.3, -0.25) is 4.79 Å². The fourth-order valence-corrected chi connectivity index (χ4v) is 2.13. The fourth-order valence-electron chi connectivity index (χ4n) is 2.13. The van der Waals surface area contributed by atoms with Crippen LogP contribution in [-0.2, 0) is 16.1 Å². The topological polar surface area (TPSA) is 66.8 Å². The molecule has 5 heteroatoms. The minimum Gasteiger partial charge on any atom is -0.481 e. The maximum atomic E-state index is 11.7. The van der Waals surface area contributed by atoms with Crippen molar-refractivity contribution in [3.8, 4) is 0 Å². The fraction of sp³-hybridized carbons (Fsp3) is 0.429. The summed E-state index contributed by atoms with van der Waals surface area (Å²) >= 11 is 0. The van der Waals surface area contributed by atoms with E-state index >= 15 is 0 Å². The van der Waals surface area contributed by atoms with Gasteiger partial charge in [-0.2, -0.15) is 0 Å². The molecule has 2 rings (SSSR count). The van der Waals surface area contributed by atoms with Crippen LogP contribution in [0.3, 0.4) is 0 Å². The standard InChI is InChI=1S/C14H17NO4/c1-10-4-2-3-5-11(10)8-15-9-12(19-14(15)18)6-7-13(16)17/h2-5,12H,6-9H2,1H3,(H,16,17). The van der Waals surface area contributed by atoms with Gasteiger partial charge in [0, 0.05) is 13.0 Å². The number of aryl methyl sites for hydroxylation is 1. The molecule has 1 atom stereocenters. The highest BCUT2D eigenvalue weighted by atomic mass is 16.6. The van der Waals surface area contributed by atoms with Crippen molar-refractivity contribution in [3.63, 3.8) is 0 Å². The Morgan fingerprint density at radius 1 is 1.47 bits per heavy atom. The molecule has 1 aromatic carbocycles. The molecule has 0 aliphatic carbocycles. The van der Waals surface area contributed by atoms with E-state index in [0.717, 1.165) is 11.1 Å². The van der Waals surface area contributed by atoms with E-state index in [1.807, 2.05) is 31.2 Å². The van der Waals surface area contributed by atoms with Crippen LogP contribution in [0, 0.1) is 6.92 Å². The second-order valence-corrected chi connectivity index (χ2v) is 4.75. The molecule has 1 amide bonds. The Labute approximate surface area is 111 Å². The number of carboxylic acids is 1. The van der Waals surface area contributed by atoms with Crippen molar-refractivity contribution in [1.29, 1.82) is 0 Å². The third kappa shape index (κ3) is 3.47. The van der Waals surface area contributed by atoms with E-state index in [0.29, 0.717) is 19.5 Å². The minimum absolute atomic E-state index is 0.0240. The van der Waals surface area contributed by atoms with Gasteiger partial charge in [-0.05, 0) is 24.5 Å². The van der Waals surface area contributed by atoms with Crippen LogP contribution in [0.5, 0.6) is 0 Å². The summed E-state index contributed by atoms with van der Waals surface area (Å²) in [7, 11) is 0. The average Bonchev–Trinajstić information content (AvgIpc) is 2.71. The lowest BCUT2D eigenvalue weighted by molar-refractivity contribution is -0.137. The molecule has 1 unspecified atom stereocenters. The monoisotopic (exact) mass is 263 g/mol. The van der Waals surface area contributed by atoms with Crippen LogP contribution >= 0.6 is 0 Å². The molecule has 1 aromatic rings. The van der Waals surface area contributed by atoms with Crippen molar-refractivity contribution in [1.82, 2.24) is 4.90 Å². The molecule has 1 aliphatic rings. The summed E-state index contributed by atoms with van der Waals surface area (Å²) in [5.41, 5.74) is 2.21. The van der Waals surface area contributed by atoms with E-state index in [9.17, 15) is 9.59 Å². The molecule has 1 heterocycles. The van der Waals surface area contributed by atoms with E-state index in [4.69, 9.17) is 9.84 Å². The van der Waals surface area contributed by atoms with Gasteiger partial charge in [0.15, 0.2) is 0 Å². The molecule has 0 saturated carbocycles. The van der Waals surface area contributed by atoms with E-state index in [2.05, 4.69) is 0 Å². The SMILES string of the molecule is Cc1ccccc1CN1CC(CCC(=O)O)OC1=O. The predicted molar refractivity (Wildman–Crippen MR) is 68.7 cm³/mol. The molecule has 0 aromatic heterocycles. The Morgan fingerprint density at radius 2 is 2.21 bits per heavy atom. The number of hydrogen-bond donors (Lipinski definition) is 1. The van der Waals surface area contributed by atoms with Gasteiger partial charge in [-0.1, -0.05) is 24.3 Å². The lowest BCUT2D eigenvalue weighted by Gasteiger charge is -2.14. The lowest BCUT2D eigenvalue weighted by atomic mass is 10.1. The van der Waals surface area contributed by atoms with Crippen LogP contribution < -0.4 is 0 Å². The van der Waals surface area contributed by atoms with Gasteiger partial charge >= 0.3 is 12.1 Å². The third-order valence-electron chi connectivity index (χ3n) is 3.25. The molecule has 0 bridgehead atoms. The number of hydrogen-bond acceptors (Lipinski definition) is 3. The van der Waals surface area contributed by atoms with Crippen molar-refractivity contribution in [2.24, 2.45) is 0 Å². The second kappa shape index (κ2) is 5.73. The van der Waals surface area contributed by atoms with Crippen molar-refractivity contribution >= 4 is 12.1 Å². The summed E-state index contributed by atoms with van der Waals surface area (Å²) in [6.07, 6.45) is -0.284. The van der Waals surface area contributed by atoms with Gasteiger partial charge < -0.3 is 14.7 Å². The largest absolute Gasteiger partial charge is 0.481 e. The molecule has 102 valence electrons. The molecule has 1 saturated heterocycles. The first-order valence-corrected chi connectivity index (χ1v) is 6.28. The number of aliphatic carboxylic acids is 1. The van der Waals surface area contributed by atoms with Crippen molar-refractivity contribution in [3.05, 3.63) is 35.4 Å². The highest BCUT2D eigenvalue weighted by Gasteiger charge is 2.31. The number of benzene rings is 1. The number of cyclic esters (lactones) is 1. The smallest absolute Gasteiger partial charge is 0.410 e. The summed E-state index contributed by atoms with van der Waals surface area (Å²) in [6.45, 7) is 2.97. The lowest BCUT2D eigenvalue weighted by Crippen LogP contribution is -2.25. The van der Waals surface area contributed by atoms with Crippen LogP contribution in [0.15, 0.2) is 24.3 Å². The van der Waals surface area contributed by atoms with Gasteiger partial charge in [0.1, 0.15) is 6.10 Å². The molecular formula is C14H17NO4. The minimum atomic E-state index is -0.867. The zero-order valence-electron chi connectivity index (χ0n) is 10.8. The zero-order valence-corrected chi connectivity index (χ0v) is 10.8. The first kappa shape index (κ1) is 13.4. The Hall–Kier alpha value is -2.04. The molecule has 1 fully saturated rings. The number of ether oxygens (including phenoxy) is 1. The van der Waals surface area contributed by atoms with E-state index < -0.39 is 5.97 Å². The first-order valence-electron chi connectivity index (χ1n) is 6.28. The summed E-state index contributed by atoms with van der Waals surface area (Å²) < 4.78 is 5.16. The normalized spacial score (nSPS) is 18.5. The van der Waals surface area contributed by atoms with Crippen LogP contribution in [0.4, 0.5) is 4.79 Å². The van der Waals surface area contributed by atoms with Gasteiger partial charge in [0.2, 0.25) is 0 Å². The van der Waals surface area contributed by atoms with Crippen LogP contribution in [0.2, 0.25) is 0 Å². The number of carboxylic acid groups (broad SMARTS) is 1. The third-order valence-corrected chi connectivity index (χ3v) is 3.25. The van der Waals surface area contributed by atoms with Crippen LogP contribution in [-0.4, -0.2) is 34.7 Å². The Kier molecular flexibility index (Phi) is 4.04. The van der Waals surface area contributed by atoms with E-state index in [1.165, 1.54) is 0 Å². The summed E-state index contributed by atoms with van der Waals surface area (Å²) in [6, 6.07) is 7.87. The number of carbonyl (C=O) groups is 2. The van der Waals surface area contributed by atoms with Crippen molar-refractivity contribution < 1.29 is 19.4 Å². The summed E-state index contributed by atoms with van der Waals surface area (Å²) in [4.78, 5) is 23.8. The predicted octanol–water partition coefficient (Wildman–Crippen LogP) is 2.18. The zero-order chi connectivity index (χ0) is 13.8. The number of carbonyl (C=O) groups excluding carboxylic acids is 1. The second-order valence-electron chi connectivity index (χ2n) is 4.75. The number of rotatable bonds is 5. The van der Waals surface area contributed by atoms with Crippen molar-refractivity contribution in [2.75, 3.05) is 6.54 Å². The maximum Gasteiger partial charge on any atom is 0.410 e. The highest BCUT2D eigenvalue weighted by molar-refractivity contribution is 5.70. The Bertz CT molecular complexity index is 486. The molecule has 0 radical (unpaired) electrons. The Balaban J connectivity index is 1.93. The van der Waals surface area contributed by atoms with Gasteiger partial charge in [0.05, 0.1) is 6.54 Å². The van der Waals surface area contributed by atoms with Crippen LogP contribution in [0.25, 0.3) is 0 Å². The van der Waals surface area contributed by atoms with Crippen LogP contribution in [0.1, 0.15) is 24.0 Å². The summed E-state index contributed by atoms with van der Waals surface area (Å²) in [5, 5.41) is 8.62. The van der Waals surface area contributed by atoms with Gasteiger partial charge in [-0.15, -0.1) is 0 Å². The number of amides is 1. The first-order chi connectivity index (χ1) is 9.06. The van der Waals surface area contributed by atoms with E-state index in [1.54, 1.807) is 4.90 Å². The highest BCUT2D eigenvalue weighted by Crippen LogP contribution is 2.19. The molecule has 19 heavy (non-hydrogen) atoms. The quantitative estimate of drug-likeness (QED) is 0.884. The van der Waals surface area contributed by atoms with Crippen molar-refractivity contribution in [2.45, 2.75) is 32.4 Å². The molecule has 0 spiro atoms. The molecule has 5 nitrogen and oxygen atoms in total.